The van der Waals surface area contributed by atoms with Crippen molar-refractivity contribution in [2.45, 2.75) is 18.9 Å². The first kappa shape index (κ1) is 10.2. The summed E-state index contributed by atoms with van der Waals surface area (Å²) in [4.78, 5) is 15.9. The molecule has 2 heterocycles. The summed E-state index contributed by atoms with van der Waals surface area (Å²) in [6.45, 7) is 2.13. The lowest BCUT2D eigenvalue weighted by atomic mass is 10.1. The van der Waals surface area contributed by atoms with Gasteiger partial charge in [-0.15, -0.1) is 0 Å². The molecule has 1 aromatic rings. The van der Waals surface area contributed by atoms with Crippen molar-refractivity contribution in [1.29, 1.82) is 0 Å². The van der Waals surface area contributed by atoms with E-state index in [9.17, 15) is 4.79 Å². The molecule has 1 aromatic heterocycles. The molecule has 1 aliphatic rings. The molecule has 0 bridgehead atoms. The van der Waals surface area contributed by atoms with Crippen LogP contribution in [0.15, 0.2) is 23.1 Å². The van der Waals surface area contributed by atoms with Crippen molar-refractivity contribution in [3.8, 4) is 5.75 Å². The van der Waals surface area contributed by atoms with Gasteiger partial charge in [-0.05, 0) is 26.0 Å². The molecule has 0 unspecified atom stereocenters. The zero-order valence-electron chi connectivity index (χ0n) is 8.90. The van der Waals surface area contributed by atoms with Gasteiger partial charge in [0.2, 0.25) is 0 Å². The van der Waals surface area contributed by atoms with Crippen LogP contribution < -0.4 is 10.3 Å². The average Bonchev–Trinajstić information content (AvgIpc) is 2.22. The first-order valence-corrected chi connectivity index (χ1v) is 5.28. The second-order valence-corrected chi connectivity index (χ2v) is 4.01. The van der Waals surface area contributed by atoms with Gasteiger partial charge in [-0.1, -0.05) is 0 Å². The molecule has 1 fully saturated rings. The molecule has 82 valence electrons. The third-order valence-electron chi connectivity index (χ3n) is 2.71. The van der Waals surface area contributed by atoms with E-state index >= 15 is 0 Å². The molecule has 0 aliphatic carbocycles. The summed E-state index contributed by atoms with van der Waals surface area (Å²) in [5.74, 6) is 0.674. The van der Waals surface area contributed by atoms with Crippen molar-refractivity contribution in [2.24, 2.45) is 0 Å². The topological polar surface area (TPSA) is 45.3 Å². The molecule has 4 nitrogen and oxygen atoms in total. The molecule has 0 radical (unpaired) electrons. The number of H-pyrrole nitrogens is 1. The molecular weight excluding hydrogens is 192 g/mol. The minimum atomic E-state index is -0.111. The summed E-state index contributed by atoms with van der Waals surface area (Å²) in [5.41, 5.74) is -0.111. The lowest BCUT2D eigenvalue weighted by Crippen LogP contribution is -2.35. The largest absolute Gasteiger partial charge is 0.490 e. The fourth-order valence-electron chi connectivity index (χ4n) is 1.79. The van der Waals surface area contributed by atoms with Gasteiger partial charge in [0.15, 0.2) is 0 Å². The van der Waals surface area contributed by atoms with Gasteiger partial charge in [-0.2, -0.15) is 0 Å². The molecule has 0 atom stereocenters. The van der Waals surface area contributed by atoms with Crippen molar-refractivity contribution in [3.05, 3.63) is 28.7 Å². The van der Waals surface area contributed by atoms with Gasteiger partial charge in [0, 0.05) is 25.4 Å². The summed E-state index contributed by atoms with van der Waals surface area (Å²) in [7, 11) is 2.11. The molecule has 2 rings (SSSR count). The molecule has 0 aromatic carbocycles. The van der Waals surface area contributed by atoms with Crippen molar-refractivity contribution in [3.63, 3.8) is 0 Å². The van der Waals surface area contributed by atoms with Crippen molar-refractivity contribution in [1.82, 2.24) is 9.88 Å². The monoisotopic (exact) mass is 208 g/mol. The van der Waals surface area contributed by atoms with Crippen LogP contribution >= 0.6 is 0 Å². The van der Waals surface area contributed by atoms with E-state index in [1.165, 1.54) is 6.07 Å². The molecule has 0 spiro atoms. The smallest absolute Gasteiger partial charge is 0.251 e. The van der Waals surface area contributed by atoms with E-state index in [0.29, 0.717) is 5.75 Å². The first-order chi connectivity index (χ1) is 7.24. The standard InChI is InChI=1S/C11H16N2O2/c1-13-6-3-9(4-7-13)15-10-2-5-12-11(14)8-10/h2,5,8-9H,3-4,6-7H2,1H3,(H,12,14). The summed E-state index contributed by atoms with van der Waals surface area (Å²) in [5, 5.41) is 0. The van der Waals surface area contributed by atoms with Crippen LogP contribution in [0, 0.1) is 0 Å². The van der Waals surface area contributed by atoms with Crippen molar-refractivity contribution in [2.75, 3.05) is 20.1 Å². The van der Waals surface area contributed by atoms with Crippen LogP contribution in [0.1, 0.15) is 12.8 Å². The van der Waals surface area contributed by atoms with Crippen LogP contribution in [0.4, 0.5) is 0 Å². The summed E-state index contributed by atoms with van der Waals surface area (Å²) >= 11 is 0. The van der Waals surface area contributed by atoms with Crippen LogP contribution in [0.2, 0.25) is 0 Å². The van der Waals surface area contributed by atoms with Crippen LogP contribution in [-0.2, 0) is 0 Å². The van der Waals surface area contributed by atoms with Gasteiger partial charge in [0.05, 0.1) is 0 Å². The third-order valence-corrected chi connectivity index (χ3v) is 2.71. The highest BCUT2D eigenvalue weighted by molar-refractivity contribution is 5.17. The van der Waals surface area contributed by atoms with Crippen LogP contribution in [0.3, 0.4) is 0 Å². The molecule has 1 saturated heterocycles. The van der Waals surface area contributed by atoms with E-state index in [2.05, 4.69) is 16.9 Å². The Morgan fingerprint density at radius 2 is 2.20 bits per heavy atom. The first-order valence-electron chi connectivity index (χ1n) is 5.28. The fraction of sp³-hybridized carbons (Fsp3) is 0.545. The predicted octanol–water partition coefficient (Wildman–Crippen LogP) is 0.848. The van der Waals surface area contributed by atoms with Crippen LogP contribution in [0.25, 0.3) is 0 Å². The van der Waals surface area contributed by atoms with E-state index in [0.717, 1.165) is 25.9 Å². The number of piperidine rings is 1. The van der Waals surface area contributed by atoms with E-state index in [-0.39, 0.29) is 11.7 Å². The van der Waals surface area contributed by atoms with Gasteiger partial charge in [-0.25, -0.2) is 0 Å². The lowest BCUT2D eigenvalue weighted by Gasteiger charge is -2.29. The number of likely N-dealkylation sites (tertiary alicyclic amines) is 1. The highest BCUT2D eigenvalue weighted by Gasteiger charge is 2.17. The second-order valence-electron chi connectivity index (χ2n) is 4.01. The maximum Gasteiger partial charge on any atom is 0.251 e. The Morgan fingerprint density at radius 3 is 2.87 bits per heavy atom. The molecular formula is C11H16N2O2. The number of nitrogens with one attached hydrogen (secondary N) is 1. The molecule has 1 aliphatic heterocycles. The van der Waals surface area contributed by atoms with E-state index in [1.807, 2.05) is 0 Å². The quantitative estimate of drug-likeness (QED) is 0.783. The zero-order chi connectivity index (χ0) is 10.7. The Balaban J connectivity index is 1.94. The maximum atomic E-state index is 11.0. The Labute approximate surface area is 88.9 Å². The SMILES string of the molecule is CN1CCC(Oc2cc[nH]c(=O)c2)CC1. The van der Waals surface area contributed by atoms with Gasteiger partial charge in [0.1, 0.15) is 11.9 Å². The number of hydrogen-bond acceptors (Lipinski definition) is 3. The minimum absolute atomic E-state index is 0.111. The molecule has 0 amide bonds. The predicted molar refractivity (Wildman–Crippen MR) is 58.2 cm³/mol. The van der Waals surface area contributed by atoms with Gasteiger partial charge >= 0.3 is 0 Å². The van der Waals surface area contributed by atoms with Crippen molar-refractivity contribution >= 4 is 0 Å². The Kier molecular flexibility index (Phi) is 3.06. The lowest BCUT2D eigenvalue weighted by molar-refractivity contribution is 0.114. The highest BCUT2D eigenvalue weighted by Crippen LogP contribution is 2.16. The second kappa shape index (κ2) is 4.49. The average molecular weight is 208 g/mol. The third kappa shape index (κ3) is 2.83. The molecule has 4 heteroatoms. The van der Waals surface area contributed by atoms with Gasteiger partial charge < -0.3 is 14.6 Å². The summed E-state index contributed by atoms with van der Waals surface area (Å²) < 4.78 is 5.74. The highest BCUT2D eigenvalue weighted by atomic mass is 16.5. The van der Waals surface area contributed by atoms with Crippen LogP contribution in [0.5, 0.6) is 5.75 Å². The summed E-state index contributed by atoms with van der Waals surface area (Å²) in [6.07, 6.45) is 3.93. The van der Waals surface area contributed by atoms with E-state index in [1.54, 1.807) is 12.3 Å². The van der Waals surface area contributed by atoms with Gasteiger partial charge in [0.25, 0.3) is 5.56 Å². The van der Waals surface area contributed by atoms with Crippen molar-refractivity contribution < 1.29 is 4.74 Å². The fourth-order valence-corrected chi connectivity index (χ4v) is 1.79. The Morgan fingerprint density at radius 1 is 1.47 bits per heavy atom. The number of hydrogen-bond donors (Lipinski definition) is 1. The maximum absolute atomic E-state index is 11.0. The van der Waals surface area contributed by atoms with Crippen LogP contribution in [-0.4, -0.2) is 36.1 Å². The molecule has 0 saturated carbocycles. The van der Waals surface area contributed by atoms with E-state index in [4.69, 9.17) is 4.74 Å². The number of ether oxygens (including phenoxy) is 1. The normalized spacial score (nSPS) is 19.0. The number of rotatable bonds is 2. The molecule has 1 N–H and O–H groups in total. The Bertz CT molecular complexity index is 367. The number of aromatic amines is 1. The Hall–Kier alpha value is -1.29. The number of aromatic nitrogens is 1. The molecule has 15 heavy (non-hydrogen) atoms. The minimum Gasteiger partial charge on any atom is -0.490 e. The van der Waals surface area contributed by atoms with Gasteiger partial charge in [-0.3, -0.25) is 4.79 Å². The number of pyridine rings is 1. The zero-order valence-corrected chi connectivity index (χ0v) is 8.90. The number of nitrogens with zero attached hydrogens (tertiary/aromatic N) is 1. The summed E-state index contributed by atoms with van der Waals surface area (Å²) in [6, 6.07) is 3.29. The van der Waals surface area contributed by atoms with E-state index < -0.39 is 0 Å².